The molecule has 2 aliphatic rings. The Hall–Kier alpha value is -6.71. The molecule has 7 aromatic rings. The van der Waals surface area contributed by atoms with Gasteiger partial charge in [-0.2, -0.15) is 28.2 Å². The quantitative estimate of drug-likeness (QED) is 0.116. The van der Waals surface area contributed by atoms with Crippen LogP contribution in [0.1, 0.15) is 31.5 Å². The number of aryl methyl sites for hydroxylation is 1. The number of sulfonamides is 2. The summed E-state index contributed by atoms with van der Waals surface area (Å²) in [6.45, 7) is 4.22. The van der Waals surface area contributed by atoms with Crippen LogP contribution in [0.25, 0.3) is 22.5 Å². The highest BCUT2D eigenvalue weighted by molar-refractivity contribution is 7.88. The van der Waals surface area contributed by atoms with Crippen LogP contribution in [-0.2, 0) is 31.6 Å². The summed E-state index contributed by atoms with van der Waals surface area (Å²) in [4.78, 5) is 30.1. The molecular formula is C51H53ClF4N8O6S2. The Morgan fingerprint density at radius 2 is 0.889 bits per heavy atom. The fourth-order valence-electron chi connectivity index (χ4n) is 8.18. The lowest BCUT2D eigenvalue weighted by Gasteiger charge is -2.36. The zero-order valence-corrected chi connectivity index (χ0v) is 39.9. The Kier molecular flexibility index (Phi) is 17.6. The van der Waals surface area contributed by atoms with Crippen molar-refractivity contribution in [3.8, 4) is 22.5 Å². The maximum atomic E-state index is 13.9. The largest absolute Gasteiger partial charge is 0.367 e. The number of anilines is 2. The van der Waals surface area contributed by atoms with Gasteiger partial charge in [0, 0.05) is 64.5 Å². The molecule has 9 rings (SSSR count). The molecular weight excluding hydrogens is 996 g/mol. The van der Waals surface area contributed by atoms with Crippen molar-refractivity contribution in [3.05, 3.63) is 199 Å². The van der Waals surface area contributed by atoms with Crippen molar-refractivity contribution < 1.29 is 34.4 Å². The fraction of sp³-hybridized carbons (Fsp3) is 0.255. The summed E-state index contributed by atoms with van der Waals surface area (Å²) in [6, 6.07) is 30.8. The summed E-state index contributed by atoms with van der Waals surface area (Å²) in [7, 11) is -7.00. The van der Waals surface area contributed by atoms with Crippen LogP contribution in [0, 0.1) is 30.2 Å². The van der Waals surface area contributed by atoms with E-state index in [2.05, 4.69) is 10.2 Å². The Bertz CT molecular complexity index is 3320. The van der Waals surface area contributed by atoms with Crippen molar-refractivity contribution in [1.82, 2.24) is 28.2 Å². The number of aromatic nitrogens is 4. The molecule has 0 unspecified atom stereocenters. The van der Waals surface area contributed by atoms with Crippen LogP contribution in [0.4, 0.5) is 28.9 Å². The molecule has 14 nitrogen and oxygen atoms in total. The Morgan fingerprint density at radius 1 is 0.514 bits per heavy atom. The van der Waals surface area contributed by atoms with Gasteiger partial charge in [0.05, 0.1) is 52.2 Å². The second kappa shape index (κ2) is 23.2. The van der Waals surface area contributed by atoms with E-state index in [-0.39, 0.29) is 68.9 Å². The first-order chi connectivity index (χ1) is 33.5. The van der Waals surface area contributed by atoms with E-state index in [1.54, 1.807) is 41.3 Å². The first-order valence-electron chi connectivity index (χ1n) is 21.9. The second-order valence-electron chi connectivity index (χ2n) is 16.6. The van der Waals surface area contributed by atoms with E-state index in [4.69, 9.17) is 11.6 Å². The number of halogens is 5. The molecule has 0 N–H and O–H groups in total. The first kappa shape index (κ1) is 54.6. The van der Waals surface area contributed by atoms with Crippen molar-refractivity contribution in [1.29, 1.82) is 0 Å². The zero-order valence-electron chi connectivity index (χ0n) is 37.5. The molecule has 0 atom stereocenters. The van der Waals surface area contributed by atoms with Gasteiger partial charge in [0.15, 0.2) is 0 Å². The predicted octanol–water partition coefficient (Wildman–Crippen LogP) is 8.23. The monoisotopic (exact) mass is 1050 g/mol. The lowest BCUT2D eigenvalue weighted by molar-refractivity contribution is 0.383. The van der Waals surface area contributed by atoms with Crippen LogP contribution in [0.2, 0.25) is 5.02 Å². The standard InChI is InChI=1S/C28H26F2N4O3S.C21H19ClF2N4O3S.2CH4/c1-20-7-9-22(10-8-20)27-26(18-31-34(28(27)35)25-16-23(29)15-24(30)17-25)32-11-13-33(14-12-32)38(36,37)19-21-5-3-2-4-6-21;22-20-19(13-25-28(21(20)29)18-11-16(23)10-17(24)12-18)26-6-8-27(9-7-26)32(30,31)14-15-4-2-1-3-5-15;;/h2-10,15-18H,11-14,19H2,1H3;1-5,10-13H,6-9,14H2;2*1H4. The number of hydrogen-bond acceptors (Lipinski definition) is 10. The molecule has 21 heteroatoms. The summed E-state index contributed by atoms with van der Waals surface area (Å²) in [5, 5.41) is 8.07. The van der Waals surface area contributed by atoms with Crippen molar-refractivity contribution in [3.63, 3.8) is 0 Å². The second-order valence-corrected chi connectivity index (χ2v) is 20.9. The predicted molar refractivity (Wildman–Crippen MR) is 274 cm³/mol. The minimum atomic E-state index is -3.51. The smallest absolute Gasteiger partial charge is 0.292 e. The number of benzene rings is 5. The maximum Gasteiger partial charge on any atom is 0.292 e. The Morgan fingerprint density at radius 3 is 1.31 bits per heavy atom. The van der Waals surface area contributed by atoms with Crippen LogP contribution in [0.5, 0.6) is 0 Å². The van der Waals surface area contributed by atoms with Crippen LogP contribution < -0.4 is 20.9 Å². The number of rotatable bonds is 11. The van der Waals surface area contributed by atoms with Crippen LogP contribution >= 0.6 is 11.6 Å². The Labute approximate surface area is 421 Å². The van der Waals surface area contributed by atoms with Gasteiger partial charge in [0.2, 0.25) is 20.0 Å². The fourth-order valence-corrected chi connectivity index (χ4v) is 11.5. The third-order valence-corrected chi connectivity index (χ3v) is 15.8. The van der Waals surface area contributed by atoms with E-state index in [1.807, 2.05) is 60.4 Å². The van der Waals surface area contributed by atoms with Crippen molar-refractivity contribution in [2.24, 2.45) is 0 Å². The van der Waals surface area contributed by atoms with Gasteiger partial charge >= 0.3 is 0 Å². The molecule has 0 aliphatic carbocycles. The van der Waals surface area contributed by atoms with Gasteiger partial charge in [-0.3, -0.25) is 9.59 Å². The summed E-state index contributed by atoms with van der Waals surface area (Å²) < 4.78 is 111. The van der Waals surface area contributed by atoms with Gasteiger partial charge < -0.3 is 9.80 Å². The molecule has 72 heavy (non-hydrogen) atoms. The van der Waals surface area contributed by atoms with Crippen LogP contribution in [0.3, 0.4) is 0 Å². The third kappa shape index (κ3) is 12.7. The first-order valence-corrected chi connectivity index (χ1v) is 25.5. The van der Waals surface area contributed by atoms with Gasteiger partial charge in [-0.1, -0.05) is 117 Å². The van der Waals surface area contributed by atoms with E-state index >= 15 is 0 Å². The average molecular weight is 1050 g/mol. The van der Waals surface area contributed by atoms with Crippen molar-refractivity contribution in [2.45, 2.75) is 33.3 Å². The molecule has 2 aliphatic heterocycles. The molecule has 2 fully saturated rings. The highest BCUT2D eigenvalue weighted by Crippen LogP contribution is 2.30. The molecule has 0 saturated carbocycles. The zero-order chi connectivity index (χ0) is 49.7. The number of hydrogen-bond donors (Lipinski definition) is 0. The van der Waals surface area contributed by atoms with E-state index < -0.39 is 54.4 Å². The maximum absolute atomic E-state index is 13.9. The normalized spacial score (nSPS) is 14.4. The highest BCUT2D eigenvalue weighted by atomic mass is 35.5. The van der Waals surface area contributed by atoms with Crippen LogP contribution in [-0.4, -0.2) is 97.4 Å². The minimum Gasteiger partial charge on any atom is -0.367 e. The van der Waals surface area contributed by atoms with Crippen LogP contribution in [0.15, 0.2) is 143 Å². The summed E-state index contributed by atoms with van der Waals surface area (Å²) in [5.74, 6) is -3.49. The number of piperazine rings is 2. The minimum absolute atomic E-state index is 0. The molecule has 2 aromatic heterocycles. The molecule has 2 saturated heterocycles. The van der Waals surface area contributed by atoms with Crippen molar-refractivity contribution >= 4 is 43.0 Å². The Balaban J connectivity index is 0.000000232. The van der Waals surface area contributed by atoms with Gasteiger partial charge in [0.25, 0.3) is 11.1 Å². The SMILES string of the molecule is C.C.Cc1ccc(-c2c(N3CCN(S(=O)(=O)Cc4ccccc4)CC3)cnn(-c3cc(F)cc(F)c3)c2=O)cc1.O=c1c(Cl)c(N2CCN(S(=O)(=O)Cc3ccccc3)CC2)cnn1-c1cc(F)cc(F)c1. The molecule has 4 heterocycles. The van der Waals surface area contributed by atoms with Gasteiger partial charge in [-0.05, 0) is 47.9 Å². The summed E-state index contributed by atoms with van der Waals surface area (Å²) in [5.41, 5.74) is 2.89. The molecule has 0 amide bonds. The molecule has 380 valence electrons. The molecule has 0 bridgehead atoms. The van der Waals surface area contributed by atoms with Crippen molar-refractivity contribution in [2.75, 3.05) is 62.2 Å². The van der Waals surface area contributed by atoms with E-state index in [0.29, 0.717) is 60.3 Å². The van der Waals surface area contributed by atoms with Gasteiger partial charge in [-0.15, -0.1) is 0 Å². The lowest BCUT2D eigenvalue weighted by atomic mass is 10.0. The number of nitrogens with zero attached hydrogens (tertiary/aromatic N) is 8. The molecule has 5 aromatic carbocycles. The molecule has 0 spiro atoms. The highest BCUT2D eigenvalue weighted by Gasteiger charge is 2.31. The van der Waals surface area contributed by atoms with Gasteiger partial charge in [-0.25, -0.2) is 34.4 Å². The topological polar surface area (TPSA) is 151 Å². The van der Waals surface area contributed by atoms with E-state index in [9.17, 15) is 44.0 Å². The average Bonchev–Trinajstić information content (AvgIpc) is 3.33. The summed E-state index contributed by atoms with van der Waals surface area (Å²) >= 11 is 6.26. The van der Waals surface area contributed by atoms with Gasteiger partial charge in [0.1, 0.15) is 28.3 Å². The van der Waals surface area contributed by atoms with E-state index in [1.165, 1.54) is 21.0 Å². The van der Waals surface area contributed by atoms with E-state index in [0.717, 1.165) is 50.8 Å². The third-order valence-electron chi connectivity index (χ3n) is 11.7. The molecule has 0 radical (unpaired) electrons. The summed E-state index contributed by atoms with van der Waals surface area (Å²) in [6.07, 6.45) is 2.83. The lowest BCUT2D eigenvalue weighted by Crippen LogP contribution is -2.49.